The van der Waals surface area contributed by atoms with E-state index in [1.807, 2.05) is 19.1 Å². The molecule has 1 aliphatic rings. The highest BCUT2D eigenvalue weighted by Crippen LogP contribution is 2.27. The summed E-state index contributed by atoms with van der Waals surface area (Å²) in [6, 6.07) is 8.63. The topological polar surface area (TPSA) is 45.4 Å². The summed E-state index contributed by atoms with van der Waals surface area (Å²) < 4.78 is 5.80. The van der Waals surface area contributed by atoms with Gasteiger partial charge in [-0.15, -0.1) is 0 Å². The molecular formula is C17H23NO2. The van der Waals surface area contributed by atoms with Crippen molar-refractivity contribution in [3.05, 3.63) is 35.6 Å². The Morgan fingerprint density at radius 1 is 1.25 bits per heavy atom. The van der Waals surface area contributed by atoms with Crippen LogP contribution in [-0.2, 0) is 6.54 Å². The molecule has 0 saturated heterocycles. The van der Waals surface area contributed by atoms with Gasteiger partial charge in [-0.1, -0.05) is 31.0 Å². The Bertz CT molecular complexity index is 575. The third-order valence-corrected chi connectivity index (χ3v) is 4.58. The second-order valence-corrected chi connectivity index (χ2v) is 5.85. The summed E-state index contributed by atoms with van der Waals surface area (Å²) in [6.07, 6.45) is 4.82. The van der Waals surface area contributed by atoms with Gasteiger partial charge in [-0.05, 0) is 31.7 Å². The van der Waals surface area contributed by atoms with Gasteiger partial charge in [0, 0.05) is 30.1 Å². The van der Waals surface area contributed by atoms with Crippen LogP contribution in [-0.4, -0.2) is 17.8 Å². The number of hydrogen-bond donors (Lipinski definition) is 2. The summed E-state index contributed by atoms with van der Waals surface area (Å²) in [5.41, 5.74) is 2.21. The fourth-order valence-corrected chi connectivity index (χ4v) is 3.37. The number of para-hydroxylation sites is 1. The van der Waals surface area contributed by atoms with E-state index in [2.05, 4.69) is 17.4 Å². The molecule has 0 bridgehead atoms. The molecular weight excluding hydrogens is 250 g/mol. The molecule has 2 unspecified atom stereocenters. The van der Waals surface area contributed by atoms with E-state index in [9.17, 15) is 5.11 Å². The molecule has 1 aromatic heterocycles. The lowest BCUT2D eigenvalue weighted by Gasteiger charge is -2.31. The monoisotopic (exact) mass is 273 g/mol. The minimum Gasteiger partial charge on any atom is -0.461 e. The second-order valence-electron chi connectivity index (χ2n) is 5.85. The Labute approximate surface area is 120 Å². The quantitative estimate of drug-likeness (QED) is 0.897. The molecule has 0 aliphatic heterocycles. The molecule has 0 amide bonds. The van der Waals surface area contributed by atoms with Crippen LogP contribution in [0.4, 0.5) is 0 Å². The molecule has 0 radical (unpaired) electrons. The molecule has 1 aromatic carbocycles. The maximum absolute atomic E-state index is 9.49. The zero-order valence-corrected chi connectivity index (χ0v) is 12.1. The second kappa shape index (κ2) is 5.98. The average Bonchev–Trinajstić information content (AvgIpc) is 2.81. The van der Waals surface area contributed by atoms with E-state index >= 15 is 0 Å². The van der Waals surface area contributed by atoms with Gasteiger partial charge >= 0.3 is 0 Å². The van der Waals surface area contributed by atoms with E-state index in [1.54, 1.807) is 0 Å². The van der Waals surface area contributed by atoms with Crippen molar-refractivity contribution < 1.29 is 9.52 Å². The van der Waals surface area contributed by atoms with Gasteiger partial charge in [-0.25, -0.2) is 0 Å². The van der Waals surface area contributed by atoms with E-state index < -0.39 is 0 Å². The van der Waals surface area contributed by atoms with Crippen molar-refractivity contribution in [3.63, 3.8) is 0 Å². The number of aliphatic hydroxyl groups excluding tert-OH is 1. The van der Waals surface area contributed by atoms with E-state index in [0.29, 0.717) is 18.6 Å². The number of benzene rings is 1. The van der Waals surface area contributed by atoms with Crippen LogP contribution in [0.3, 0.4) is 0 Å². The van der Waals surface area contributed by atoms with Gasteiger partial charge < -0.3 is 14.8 Å². The maximum Gasteiger partial charge on any atom is 0.134 e. The Morgan fingerprint density at radius 2 is 2.05 bits per heavy atom. The lowest BCUT2D eigenvalue weighted by Crippen LogP contribution is -2.39. The van der Waals surface area contributed by atoms with E-state index in [4.69, 9.17) is 4.42 Å². The summed E-state index contributed by atoms with van der Waals surface area (Å²) in [5, 5.41) is 14.3. The zero-order chi connectivity index (χ0) is 13.9. The summed E-state index contributed by atoms with van der Waals surface area (Å²) in [7, 11) is 0. The van der Waals surface area contributed by atoms with Crippen molar-refractivity contribution in [1.82, 2.24) is 5.32 Å². The van der Waals surface area contributed by atoms with Gasteiger partial charge in [-0.2, -0.15) is 0 Å². The van der Waals surface area contributed by atoms with Gasteiger partial charge in [0.1, 0.15) is 11.3 Å². The number of rotatable bonds is 4. The van der Waals surface area contributed by atoms with Crippen molar-refractivity contribution in [2.45, 2.75) is 45.2 Å². The SMILES string of the molecule is Cc1oc2ccccc2c1CNC1CCCCC1CO. The molecule has 2 aromatic rings. The molecule has 0 spiro atoms. The van der Waals surface area contributed by atoms with Gasteiger partial charge in [0.25, 0.3) is 0 Å². The van der Waals surface area contributed by atoms with Crippen LogP contribution in [0.15, 0.2) is 28.7 Å². The lowest BCUT2D eigenvalue weighted by atomic mass is 9.85. The molecule has 2 N–H and O–H groups in total. The molecule has 1 saturated carbocycles. The number of hydrogen-bond acceptors (Lipinski definition) is 3. The van der Waals surface area contributed by atoms with Crippen LogP contribution in [0.5, 0.6) is 0 Å². The third kappa shape index (κ3) is 2.60. The van der Waals surface area contributed by atoms with Gasteiger partial charge in [0.2, 0.25) is 0 Å². The Kier molecular flexibility index (Phi) is 4.08. The van der Waals surface area contributed by atoms with E-state index in [0.717, 1.165) is 24.3 Å². The summed E-state index contributed by atoms with van der Waals surface area (Å²) in [5.74, 6) is 1.40. The normalized spacial score (nSPS) is 23.3. The van der Waals surface area contributed by atoms with Crippen LogP contribution in [0.1, 0.15) is 37.0 Å². The fraction of sp³-hybridized carbons (Fsp3) is 0.529. The first-order valence-corrected chi connectivity index (χ1v) is 7.61. The number of aryl methyl sites for hydroxylation is 1. The summed E-state index contributed by atoms with van der Waals surface area (Å²) in [6.45, 7) is 3.15. The smallest absolute Gasteiger partial charge is 0.134 e. The lowest BCUT2D eigenvalue weighted by molar-refractivity contribution is 0.152. The van der Waals surface area contributed by atoms with Crippen LogP contribution in [0, 0.1) is 12.8 Å². The molecule has 20 heavy (non-hydrogen) atoms. The molecule has 3 nitrogen and oxygen atoms in total. The molecule has 1 fully saturated rings. The number of aliphatic hydroxyl groups is 1. The van der Waals surface area contributed by atoms with Crippen molar-refractivity contribution in [2.24, 2.45) is 5.92 Å². The van der Waals surface area contributed by atoms with Gasteiger partial charge in [0.05, 0.1) is 0 Å². The maximum atomic E-state index is 9.49. The van der Waals surface area contributed by atoms with E-state index in [-0.39, 0.29) is 0 Å². The van der Waals surface area contributed by atoms with Crippen LogP contribution >= 0.6 is 0 Å². The molecule has 3 rings (SSSR count). The molecule has 1 heterocycles. The van der Waals surface area contributed by atoms with Gasteiger partial charge in [-0.3, -0.25) is 0 Å². The summed E-state index contributed by atoms with van der Waals surface area (Å²) in [4.78, 5) is 0. The van der Waals surface area contributed by atoms with Crippen LogP contribution < -0.4 is 5.32 Å². The van der Waals surface area contributed by atoms with Crippen molar-refractivity contribution in [3.8, 4) is 0 Å². The van der Waals surface area contributed by atoms with Crippen molar-refractivity contribution >= 4 is 11.0 Å². The first-order chi connectivity index (χ1) is 9.79. The number of nitrogens with one attached hydrogen (secondary N) is 1. The fourth-order valence-electron chi connectivity index (χ4n) is 3.37. The Morgan fingerprint density at radius 3 is 2.90 bits per heavy atom. The highest BCUT2D eigenvalue weighted by molar-refractivity contribution is 5.82. The predicted molar refractivity (Wildman–Crippen MR) is 80.6 cm³/mol. The Hall–Kier alpha value is -1.32. The molecule has 1 aliphatic carbocycles. The highest BCUT2D eigenvalue weighted by Gasteiger charge is 2.24. The minimum atomic E-state index is 0.294. The van der Waals surface area contributed by atoms with Crippen LogP contribution in [0.25, 0.3) is 11.0 Å². The van der Waals surface area contributed by atoms with Crippen molar-refractivity contribution in [1.29, 1.82) is 0 Å². The number of furan rings is 1. The number of fused-ring (bicyclic) bond motifs is 1. The standard InChI is InChI=1S/C17H23NO2/c1-12-15(14-7-3-5-9-17(14)20-12)10-18-16-8-4-2-6-13(16)11-19/h3,5,7,9,13,16,18-19H,2,4,6,8,10-11H2,1H3. The highest BCUT2D eigenvalue weighted by atomic mass is 16.3. The predicted octanol–water partition coefficient (Wildman–Crippen LogP) is 3.38. The first kappa shape index (κ1) is 13.7. The molecule has 3 heteroatoms. The Balaban J connectivity index is 1.74. The molecule has 2 atom stereocenters. The zero-order valence-electron chi connectivity index (χ0n) is 12.1. The largest absolute Gasteiger partial charge is 0.461 e. The summed E-state index contributed by atoms with van der Waals surface area (Å²) >= 11 is 0. The molecule has 108 valence electrons. The van der Waals surface area contributed by atoms with Gasteiger partial charge in [0.15, 0.2) is 0 Å². The van der Waals surface area contributed by atoms with Crippen LogP contribution in [0.2, 0.25) is 0 Å². The first-order valence-electron chi connectivity index (χ1n) is 7.61. The van der Waals surface area contributed by atoms with Crippen molar-refractivity contribution in [2.75, 3.05) is 6.61 Å². The third-order valence-electron chi connectivity index (χ3n) is 4.58. The van der Waals surface area contributed by atoms with E-state index in [1.165, 1.54) is 30.2 Å². The minimum absolute atomic E-state index is 0.294. The average molecular weight is 273 g/mol.